The molecule has 0 fully saturated rings. The number of ether oxygens (including phenoxy) is 1. The van der Waals surface area contributed by atoms with E-state index in [0.717, 1.165) is 0 Å². The highest BCUT2D eigenvalue weighted by Crippen LogP contribution is 2.14. The van der Waals surface area contributed by atoms with E-state index in [-0.39, 0.29) is 11.4 Å². The second kappa shape index (κ2) is 6.42. The molecule has 0 spiro atoms. The van der Waals surface area contributed by atoms with E-state index in [9.17, 15) is 9.90 Å². The number of nitrogen functional groups attached to an aromatic ring is 1. The largest absolute Gasteiger partial charge is 0.505 e. The maximum absolute atomic E-state index is 11.7. The molecule has 0 saturated heterocycles. The van der Waals surface area contributed by atoms with Crippen LogP contribution >= 0.6 is 0 Å². The lowest BCUT2D eigenvalue weighted by molar-refractivity contribution is 0.0939. The van der Waals surface area contributed by atoms with E-state index in [0.29, 0.717) is 24.6 Å². The van der Waals surface area contributed by atoms with Crippen molar-refractivity contribution in [2.45, 2.75) is 0 Å². The van der Waals surface area contributed by atoms with Crippen molar-refractivity contribution >= 4 is 11.6 Å². The Bertz CT molecular complexity index is 602. The highest BCUT2D eigenvalue weighted by atomic mass is 16.5. The lowest BCUT2D eigenvalue weighted by atomic mass is 10.3. The average Bonchev–Trinajstić information content (AvgIpc) is 2.44. The number of amides is 1. The van der Waals surface area contributed by atoms with Gasteiger partial charge in [0, 0.05) is 18.0 Å². The predicted octanol–water partition coefficient (Wildman–Crippen LogP) is 1.18. The van der Waals surface area contributed by atoms with Gasteiger partial charge in [0.2, 0.25) is 0 Å². The number of pyridine rings is 1. The molecule has 2 aromatic rings. The third-order valence-electron chi connectivity index (χ3n) is 2.52. The first-order valence-electron chi connectivity index (χ1n) is 6.07. The van der Waals surface area contributed by atoms with Gasteiger partial charge in [-0.25, -0.2) is 4.98 Å². The zero-order chi connectivity index (χ0) is 14.4. The molecule has 104 valence electrons. The highest BCUT2D eigenvalue weighted by Gasteiger charge is 2.10. The highest BCUT2D eigenvalue weighted by molar-refractivity contribution is 5.94. The fourth-order valence-electron chi connectivity index (χ4n) is 1.59. The Labute approximate surface area is 116 Å². The average molecular weight is 273 g/mol. The summed E-state index contributed by atoms with van der Waals surface area (Å²) in [6.45, 7) is 0.590. The monoisotopic (exact) mass is 273 g/mol. The van der Waals surface area contributed by atoms with Gasteiger partial charge in [-0.15, -0.1) is 0 Å². The lowest BCUT2D eigenvalue weighted by Crippen LogP contribution is -2.28. The summed E-state index contributed by atoms with van der Waals surface area (Å²) < 4.78 is 5.43. The van der Waals surface area contributed by atoms with E-state index in [1.807, 2.05) is 0 Å². The van der Waals surface area contributed by atoms with Crippen LogP contribution in [0.3, 0.4) is 0 Å². The van der Waals surface area contributed by atoms with Crippen LogP contribution in [-0.2, 0) is 0 Å². The molecule has 0 unspecified atom stereocenters. The molecule has 6 nitrogen and oxygen atoms in total. The molecular formula is C14H15N3O3. The van der Waals surface area contributed by atoms with Crippen molar-refractivity contribution in [2.75, 3.05) is 18.9 Å². The minimum absolute atomic E-state index is 0.00328. The molecule has 20 heavy (non-hydrogen) atoms. The fourth-order valence-corrected chi connectivity index (χ4v) is 1.59. The molecule has 0 aliphatic rings. The molecule has 2 rings (SSSR count). The number of carbonyl (C=O) groups excluding carboxylic acids is 1. The minimum atomic E-state index is -0.445. The van der Waals surface area contributed by atoms with Crippen LogP contribution in [-0.4, -0.2) is 29.1 Å². The third-order valence-corrected chi connectivity index (χ3v) is 2.52. The Kier molecular flexibility index (Phi) is 4.39. The van der Waals surface area contributed by atoms with E-state index in [1.165, 1.54) is 12.3 Å². The number of rotatable bonds is 5. The van der Waals surface area contributed by atoms with Gasteiger partial charge >= 0.3 is 0 Å². The van der Waals surface area contributed by atoms with Crippen LogP contribution in [0.1, 0.15) is 10.5 Å². The van der Waals surface area contributed by atoms with Gasteiger partial charge in [-0.05, 0) is 24.3 Å². The number of aromatic hydroxyl groups is 1. The maximum atomic E-state index is 11.7. The van der Waals surface area contributed by atoms with Gasteiger partial charge in [0.25, 0.3) is 5.91 Å². The Hall–Kier alpha value is -2.76. The molecular weight excluding hydrogens is 258 g/mol. The van der Waals surface area contributed by atoms with Crippen LogP contribution in [0, 0.1) is 0 Å². The van der Waals surface area contributed by atoms with Crippen molar-refractivity contribution in [3.05, 3.63) is 48.3 Å². The number of benzene rings is 1. The Morgan fingerprint density at radius 1 is 1.35 bits per heavy atom. The number of anilines is 1. The molecule has 1 aromatic heterocycles. The number of aromatic nitrogens is 1. The molecule has 0 atom stereocenters. The first kappa shape index (κ1) is 13.7. The van der Waals surface area contributed by atoms with Crippen molar-refractivity contribution in [1.82, 2.24) is 10.3 Å². The molecule has 0 bridgehead atoms. The quantitative estimate of drug-likeness (QED) is 0.561. The van der Waals surface area contributed by atoms with Gasteiger partial charge < -0.3 is 20.9 Å². The molecule has 0 aliphatic heterocycles. The molecule has 0 saturated carbocycles. The third kappa shape index (κ3) is 3.61. The van der Waals surface area contributed by atoms with Gasteiger partial charge in [-0.3, -0.25) is 4.79 Å². The first-order valence-corrected chi connectivity index (χ1v) is 6.07. The molecule has 1 heterocycles. The van der Waals surface area contributed by atoms with Crippen molar-refractivity contribution < 1.29 is 14.6 Å². The summed E-state index contributed by atoms with van der Waals surface area (Å²) in [6, 6.07) is 9.99. The zero-order valence-corrected chi connectivity index (χ0v) is 10.7. The molecule has 1 amide bonds. The SMILES string of the molecule is Nc1cccc(OCCNC(=O)c2ncccc2O)c1. The summed E-state index contributed by atoms with van der Waals surface area (Å²) in [5.74, 6) is 0.0426. The number of hydrogen-bond acceptors (Lipinski definition) is 5. The predicted molar refractivity (Wildman–Crippen MR) is 74.6 cm³/mol. The van der Waals surface area contributed by atoms with E-state index < -0.39 is 5.91 Å². The van der Waals surface area contributed by atoms with Crippen LogP contribution in [0.5, 0.6) is 11.5 Å². The van der Waals surface area contributed by atoms with E-state index in [2.05, 4.69) is 10.3 Å². The number of nitrogens with one attached hydrogen (secondary N) is 1. The first-order chi connectivity index (χ1) is 9.66. The van der Waals surface area contributed by atoms with Gasteiger partial charge in [-0.2, -0.15) is 0 Å². The van der Waals surface area contributed by atoms with Crippen molar-refractivity contribution in [3.8, 4) is 11.5 Å². The molecule has 0 radical (unpaired) electrons. The van der Waals surface area contributed by atoms with E-state index >= 15 is 0 Å². The summed E-state index contributed by atoms with van der Waals surface area (Å²) in [5, 5.41) is 12.1. The number of hydrogen-bond donors (Lipinski definition) is 3. The van der Waals surface area contributed by atoms with Crippen molar-refractivity contribution in [1.29, 1.82) is 0 Å². The van der Waals surface area contributed by atoms with Crippen molar-refractivity contribution in [2.24, 2.45) is 0 Å². The van der Waals surface area contributed by atoms with Crippen molar-refractivity contribution in [3.63, 3.8) is 0 Å². The summed E-state index contributed by atoms with van der Waals surface area (Å²) in [7, 11) is 0. The molecule has 6 heteroatoms. The number of carbonyl (C=O) groups is 1. The van der Waals surface area contributed by atoms with Crippen LogP contribution in [0.15, 0.2) is 42.6 Å². The summed E-state index contributed by atoms with van der Waals surface area (Å²) in [5.41, 5.74) is 6.23. The number of nitrogens with zero attached hydrogens (tertiary/aromatic N) is 1. The van der Waals surface area contributed by atoms with Gasteiger partial charge in [0.1, 0.15) is 18.1 Å². The molecule has 1 aromatic carbocycles. The zero-order valence-electron chi connectivity index (χ0n) is 10.7. The topological polar surface area (TPSA) is 97.5 Å². The molecule has 0 aliphatic carbocycles. The summed E-state index contributed by atoms with van der Waals surface area (Å²) >= 11 is 0. The fraction of sp³-hybridized carbons (Fsp3) is 0.143. The standard InChI is InChI=1S/C14H15N3O3/c15-10-3-1-4-11(9-10)20-8-7-17-14(19)13-12(18)5-2-6-16-13/h1-6,9,18H,7-8,15H2,(H,17,19). The van der Waals surface area contributed by atoms with Crippen LogP contribution < -0.4 is 15.8 Å². The van der Waals surface area contributed by atoms with Gasteiger partial charge in [0.05, 0.1) is 6.54 Å². The summed E-state index contributed by atoms with van der Waals surface area (Å²) in [4.78, 5) is 15.5. The maximum Gasteiger partial charge on any atom is 0.273 e. The van der Waals surface area contributed by atoms with E-state index in [4.69, 9.17) is 10.5 Å². The second-order valence-electron chi connectivity index (χ2n) is 4.05. The Morgan fingerprint density at radius 3 is 2.95 bits per heavy atom. The Balaban J connectivity index is 1.79. The lowest BCUT2D eigenvalue weighted by Gasteiger charge is -2.08. The molecule has 4 N–H and O–H groups in total. The van der Waals surface area contributed by atoms with Gasteiger partial charge in [0.15, 0.2) is 5.69 Å². The van der Waals surface area contributed by atoms with Crippen LogP contribution in [0.4, 0.5) is 5.69 Å². The Morgan fingerprint density at radius 2 is 2.20 bits per heavy atom. The smallest absolute Gasteiger partial charge is 0.273 e. The summed E-state index contributed by atoms with van der Waals surface area (Å²) in [6.07, 6.45) is 1.44. The van der Waals surface area contributed by atoms with E-state index in [1.54, 1.807) is 30.3 Å². The normalized spacial score (nSPS) is 10.0. The van der Waals surface area contributed by atoms with Crippen LogP contribution in [0.25, 0.3) is 0 Å². The second-order valence-corrected chi connectivity index (χ2v) is 4.05. The number of nitrogens with two attached hydrogens (primary N) is 1. The van der Waals surface area contributed by atoms with Crippen LogP contribution in [0.2, 0.25) is 0 Å². The minimum Gasteiger partial charge on any atom is -0.505 e. The van der Waals surface area contributed by atoms with Gasteiger partial charge in [-0.1, -0.05) is 6.07 Å².